The van der Waals surface area contributed by atoms with Crippen LogP contribution in [0.15, 0.2) is 12.1 Å². The topological polar surface area (TPSA) is 60.2 Å². The largest absolute Gasteiger partial charge is 0.470 e. The standard InChI is InChI=1S/C12H21N3O/c1-5-8-14-10-7-6-9(13)11(15-10)16-12(2,3)4/h6-7H,5,8,13H2,1-4H3,(H,14,15). The number of hydrogen-bond donors (Lipinski definition) is 2. The smallest absolute Gasteiger partial charge is 0.239 e. The molecule has 90 valence electrons. The fourth-order valence-electron chi connectivity index (χ4n) is 1.17. The van der Waals surface area contributed by atoms with Gasteiger partial charge in [0.25, 0.3) is 0 Å². The van der Waals surface area contributed by atoms with Gasteiger partial charge >= 0.3 is 0 Å². The molecule has 1 aromatic rings. The van der Waals surface area contributed by atoms with Gasteiger partial charge in [0.05, 0.1) is 5.69 Å². The maximum atomic E-state index is 5.81. The Bertz CT molecular complexity index is 345. The van der Waals surface area contributed by atoms with Gasteiger partial charge in [0.1, 0.15) is 11.4 Å². The molecule has 0 saturated carbocycles. The van der Waals surface area contributed by atoms with Crippen LogP contribution >= 0.6 is 0 Å². The number of nitrogens with two attached hydrogens (primary N) is 1. The van der Waals surface area contributed by atoms with Crippen molar-refractivity contribution in [1.82, 2.24) is 4.98 Å². The Hall–Kier alpha value is -1.45. The van der Waals surface area contributed by atoms with Gasteiger partial charge in [-0.15, -0.1) is 0 Å². The zero-order valence-electron chi connectivity index (χ0n) is 10.5. The molecule has 0 atom stereocenters. The van der Waals surface area contributed by atoms with E-state index >= 15 is 0 Å². The molecule has 0 bridgehead atoms. The number of pyridine rings is 1. The van der Waals surface area contributed by atoms with E-state index in [9.17, 15) is 0 Å². The highest BCUT2D eigenvalue weighted by atomic mass is 16.5. The maximum absolute atomic E-state index is 5.81. The summed E-state index contributed by atoms with van der Waals surface area (Å²) in [5.41, 5.74) is 6.09. The summed E-state index contributed by atoms with van der Waals surface area (Å²) in [4.78, 5) is 4.34. The number of ether oxygens (including phenoxy) is 1. The second-order valence-electron chi connectivity index (χ2n) is 4.73. The molecule has 0 unspecified atom stereocenters. The molecule has 0 aliphatic heterocycles. The van der Waals surface area contributed by atoms with Crippen LogP contribution in [0.25, 0.3) is 0 Å². The number of nitrogen functional groups attached to an aromatic ring is 1. The molecule has 0 aliphatic rings. The molecule has 0 amide bonds. The van der Waals surface area contributed by atoms with Crippen LogP contribution in [0.1, 0.15) is 34.1 Å². The molecule has 0 aliphatic carbocycles. The summed E-state index contributed by atoms with van der Waals surface area (Å²) in [7, 11) is 0. The lowest BCUT2D eigenvalue weighted by atomic mass is 10.2. The van der Waals surface area contributed by atoms with Gasteiger partial charge in [-0.05, 0) is 39.3 Å². The SMILES string of the molecule is CCCNc1ccc(N)c(OC(C)(C)C)n1. The molecule has 0 saturated heterocycles. The molecular weight excluding hydrogens is 202 g/mol. The van der Waals surface area contributed by atoms with Gasteiger partial charge in [-0.2, -0.15) is 4.98 Å². The molecule has 1 heterocycles. The number of nitrogens with zero attached hydrogens (tertiary/aromatic N) is 1. The highest BCUT2D eigenvalue weighted by molar-refractivity contribution is 5.53. The summed E-state index contributed by atoms with van der Waals surface area (Å²) in [5.74, 6) is 1.30. The van der Waals surface area contributed by atoms with Gasteiger partial charge in [0.15, 0.2) is 0 Å². The minimum atomic E-state index is -0.287. The lowest BCUT2D eigenvalue weighted by Gasteiger charge is -2.21. The number of anilines is 2. The van der Waals surface area contributed by atoms with Crippen molar-refractivity contribution in [3.8, 4) is 5.88 Å². The number of rotatable bonds is 4. The van der Waals surface area contributed by atoms with Crippen LogP contribution in [-0.2, 0) is 0 Å². The third-order valence-corrected chi connectivity index (χ3v) is 1.85. The van der Waals surface area contributed by atoms with E-state index in [0.29, 0.717) is 11.6 Å². The van der Waals surface area contributed by atoms with E-state index in [-0.39, 0.29) is 5.60 Å². The first-order valence-electron chi connectivity index (χ1n) is 5.62. The summed E-state index contributed by atoms with van der Waals surface area (Å²) in [6, 6.07) is 3.67. The number of aromatic nitrogens is 1. The highest BCUT2D eigenvalue weighted by Crippen LogP contribution is 2.24. The molecule has 0 fully saturated rings. The van der Waals surface area contributed by atoms with Gasteiger partial charge in [-0.25, -0.2) is 0 Å². The molecule has 1 rings (SSSR count). The minimum Gasteiger partial charge on any atom is -0.470 e. The minimum absolute atomic E-state index is 0.287. The van der Waals surface area contributed by atoms with Crippen LogP contribution < -0.4 is 15.8 Å². The van der Waals surface area contributed by atoms with E-state index in [4.69, 9.17) is 10.5 Å². The molecule has 1 aromatic heterocycles. The summed E-state index contributed by atoms with van der Waals surface area (Å²) >= 11 is 0. The van der Waals surface area contributed by atoms with Crippen LogP contribution in [0, 0.1) is 0 Å². The first-order chi connectivity index (χ1) is 7.42. The normalized spacial score (nSPS) is 11.2. The van der Waals surface area contributed by atoms with Crippen molar-refractivity contribution in [3.63, 3.8) is 0 Å². The fraction of sp³-hybridized carbons (Fsp3) is 0.583. The summed E-state index contributed by atoms with van der Waals surface area (Å²) in [6.45, 7) is 8.92. The Morgan fingerprint density at radius 1 is 1.38 bits per heavy atom. The summed E-state index contributed by atoms with van der Waals surface area (Å²) in [5, 5.41) is 3.20. The maximum Gasteiger partial charge on any atom is 0.239 e. The lowest BCUT2D eigenvalue weighted by molar-refractivity contribution is 0.125. The molecule has 0 spiro atoms. The second-order valence-corrected chi connectivity index (χ2v) is 4.73. The molecule has 0 aromatic carbocycles. The van der Waals surface area contributed by atoms with Gasteiger partial charge in [0, 0.05) is 6.54 Å². The zero-order chi connectivity index (χ0) is 12.2. The number of hydrogen-bond acceptors (Lipinski definition) is 4. The van der Waals surface area contributed by atoms with E-state index < -0.39 is 0 Å². The van der Waals surface area contributed by atoms with E-state index in [2.05, 4.69) is 17.2 Å². The molecule has 4 nitrogen and oxygen atoms in total. The van der Waals surface area contributed by atoms with Gasteiger partial charge in [0.2, 0.25) is 5.88 Å². The Morgan fingerprint density at radius 3 is 2.62 bits per heavy atom. The third-order valence-electron chi connectivity index (χ3n) is 1.85. The van der Waals surface area contributed by atoms with E-state index in [1.54, 1.807) is 0 Å². The highest BCUT2D eigenvalue weighted by Gasteiger charge is 2.15. The van der Waals surface area contributed by atoms with Crippen LogP contribution in [-0.4, -0.2) is 17.1 Å². The van der Waals surface area contributed by atoms with Crippen molar-refractivity contribution in [3.05, 3.63) is 12.1 Å². The summed E-state index contributed by atoms with van der Waals surface area (Å²) in [6.07, 6.45) is 1.06. The quantitative estimate of drug-likeness (QED) is 0.823. The first kappa shape index (κ1) is 12.6. The van der Waals surface area contributed by atoms with Crippen LogP contribution in [0.2, 0.25) is 0 Å². The Labute approximate surface area is 97.2 Å². The Kier molecular flexibility index (Phi) is 3.99. The molecule has 0 radical (unpaired) electrons. The van der Waals surface area contributed by atoms with Crippen LogP contribution in [0.4, 0.5) is 11.5 Å². The fourth-order valence-corrected chi connectivity index (χ4v) is 1.17. The third kappa shape index (κ3) is 3.96. The monoisotopic (exact) mass is 223 g/mol. The van der Waals surface area contributed by atoms with E-state index in [0.717, 1.165) is 18.8 Å². The average Bonchev–Trinajstić information content (AvgIpc) is 2.17. The van der Waals surface area contributed by atoms with Crippen LogP contribution in [0.5, 0.6) is 5.88 Å². The van der Waals surface area contributed by atoms with Crippen molar-refractivity contribution in [1.29, 1.82) is 0 Å². The molecule has 3 N–H and O–H groups in total. The van der Waals surface area contributed by atoms with Crippen molar-refractivity contribution < 1.29 is 4.74 Å². The Balaban J connectivity index is 2.82. The summed E-state index contributed by atoms with van der Waals surface area (Å²) < 4.78 is 5.68. The van der Waals surface area contributed by atoms with Crippen LogP contribution in [0.3, 0.4) is 0 Å². The zero-order valence-corrected chi connectivity index (χ0v) is 10.5. The van der Waals surface area contributed by atoms with Crippen molar-refractivity contribution >= 4 is 11.5 Å². The van der Waals surface area contributed by atoms with E-state index in [1.165, 1.54) is 0 Å². The lowest BCUT2D eigenvalue weighted by Crippen LogP contribution is -2.24. The molecular formula is C12H21N3O. The van der Waals surface area contributed by atoms with Crippen molar-refractivity contribution in [2.75, 3.05) is 17.6 Å². The molecule has 16 heavy (non-hydrogen) atoms. The van der Waals surface area contributed by atoms with Crippen molar-refractivity contribution in [2.45, 2.75) is 39.7 Å². The predicted octanol–water partition coefficient (Wildman–Crippen LogP) is 2.66. The molecule has 4 heteroatoms. The Morgan fingerprint density at radius 2 is 2.06 bits per heavy atom. The van der Waals surface area contributed by atoms with Crippen molar-refractivity contribution in [2.24, 2.45) is 0 Å². The van der Waals surface area contributed by atoms with Gasteiger partial charge in [-0.3, -0.25) is 0 Å². The number of nitrogens with one attached hydrogen (secondary N) is 1. The predicted molar refractivity (Wildman–Crippen MR) is 67.8 cm³/mol. The van der Waals surface area contributed by atoms with Gasteiger partial charge < -0.3 is 15.8 Å². The van der Waals surface area contributed by atoms with Gasteiger partial charge in [-0.1, -0.05) is 6.92 Å². The first-order valence-corrected chi connectivity index (χ1v) is 5.62. The average molecular weight is 223 g/mol. The van der Waals surface area contributed by atoms with E-state index in [1.807, 2.05) is 32.9 Å². The second kappa shape index (κ2) is 5.05.